The van der Waals surface area contributed by atoms with E-state index in [0.29, 0.717) is 42.3 Å². The zero-order chi connectivity index (χ0) is 20.8. The summed E-state index contributed by atoms with van der Waals surface area (Å²) in [5, 5.41) is 11.9. The highest BCUT2D eigenvalue weighted by Gasteiger charge is 2.28. The van der Waals surface area contributed by atoms with Gasteiger partial charge in [-0.3, -0.25) is 14.4 Å². The molecular formula is C19H22Cl2N2O5. The van der Waals surface area contributed by atoms with Gasteiger partial charge < -0.3 is 20.1 Å². The summed E-state index contributed by atoms with van der Waals surface area (Å²) in [5.74, 6) is -1.42. The molecule has 2 rings (SSSR count). The van der Waals surface area contributed by atoms with Gasteiger partial charge in [-0.05, 0) is 43.5 Å². The standard InChI is InChI=1S/C19H22Cl2N2O5/c1-11(19(26)27)22-18(25)13-7-9-23(10-8-13)15(24)6-4-12-3-5-14(28-2)17(21)16(12)20/h3-6,11,13H,7-10H2,1-2H3,(H,22,25)(H,26,27)/b6-4+. The highest BCUT2D eigenvalue weighted by atomic mass is 35.5. The first-order chi connectivity index (χ1) is 13.2. The summed E-state index contributed by atoms with van der Waals surface area (Å²) in [6, 6.07) is 2.44. The predicted octanol–water partition coefficient (Wildman–Crippen LogP) is 2.84. The number of rotatable bonds is 6. The Bertz CT molecular complexity index is 789. The fourth-order valence-corrected chi connectivity index (χ4v) is 3.32. The van der Waals surface area contributed by atoms with Crippen molar-refractivity contribution in [3.8, 4) is 5.75 Å². The van der Waals surface area contributed by atoms with Crippen LogP contribution in [0.4, 0.5) is 0 Å². The second-order valence-electron chi connectivity index (χ2n) is 6.49. The lowest BCUT2D eigenvalue weighted by Crippen LogP contribution is -2.46. The van der Waals surface area contributed by atoms with Gasteiger partial charge in [0.05, 0.1) is 12.1 Å². The summed E-state index contributed by atoms with van der Waals surface area (Å²) < 4.78 is 5.09. The first-order valence-corrected chi connectivity index (χ1v) is 9.52. The average Bonchev–Trinajstić information content (AvgIpc) is 2.68. The van der Waals surface area contributed by atoms with E-state index in [1.807, 2.05) is 0 Å². The van der Waals surface area contributed by atoms with E-state index >= 15 is 0 Å². The Hall–Kier alpha value is -2.25. The second-order valence-corrected chi connectivity index (χ2v) is 7.24. The molecule has 152 valence electrons. The maximum absolute atomic E-state index is 12.4. The van der Waals surface area contributed by atoms with Crippen LogP contribution in [-0.2, 0) is 14.4 Å². The van der Waals surface area contributed by atoms with Crippen molar-refractivity contribution in [1.29, 1.82) is 0 Å². The zero-order valence-electron chi connectivity index (χ0n) is 15.6. The fraction of sp³-hybridized carbons (Fsp3) is 0.421. The average molecular weight is 429 g/mol. The van der Waals surface area contributed by atoms with E-state index in [0.717, 1.165) is 0 Å². The largest absolute Gasteiger partial charge is 0.495 e. The Morgan fingerprint density at radius 2 is 1.89 bits per heavy atom. The fourth-order valence-electron chi connectivity index (χ4n) is 2.85. The summed E-state index contributed by atoms with van der Waals surface area (Å²) in [4.78, 5) is 37.0. The molecule has 1 aliphatic rings. The molecule has 1 unspecified atom stereocenters. The summed E-state index contributed by atoms with van der Waals surface area (Å²) in [6.45, 7) is 2.25. The number of carboxylic acids is 1. The van der Waals surface area contributed by atoms with Crippen molar-refractivity contribution in [2.45, 2.75) is 25.8 Å². The highest BCUT2D eigenvalue weighted by Crippen LogP contribution is 2.35. The number of aliphatic carboxylic acids is 1. The number of amides is 2. The summed E-state index contributed by atoms with van der Waals surface area (Å²) in [6.07, 6.45) is 3.96. The van der Waals surface area contributed by atoms with Crippen LogP contribution in [0.2, 0.25) is 10.0 Å². The SMILES string of the molecule is COc1ccc(/C=C/C(=O)N2CCC(C(=O)NC(C)C(=O)O)CC2)c(Cl)c1Cl. The molecule has 1 aromatic rings. The molecule has 2 amide bonds. The minimum atomic E-state index is -1.08. The van der Waals surface area contributed by atoms with Crippen LogP contribution < -0.4 is 10.1 Å². The molecule has 0 radical (unpaired) electrons. The number of carbonyl (C=O) groups excluding carboxylic acids is 2. The lowest BCUT2D eigenvalue weighted by molar-refractivity contribution is -0.142. The lowest BCUT2D eigenvalue weighted by Gasteiger charge is -2.31. The molecule has 0 spiro atoms. The van der Waals surface area contributed by atoms with Crippen LogP contribution in [0.5, 0.6) is 5.75 Å². The van der Waals surface area contributed by atoms with E-state index in [2.05, 4.69) is 5.32 Å². The number of likely N-dealkylation sites (tertiary alicyclic amines) is 1. The van der Waals surface area contributed by atoms with E-state index in [-0.39, 0.29) is 22.8 Å². The van der Waals surface area contributed by atoms with Gasteiger partial charge in [0.25, 0.3) is 0 Å². The minimum absolute atomic E-state index is 0.194. The van der Waals surface area contributed by atoms with Crippen molar-refractivity contribution in [2.24, 2.45) is 5.92 Å². The Kier molecular flexibility index (Phi) is 7.71. The van der Waals surface area contributed by atoms with Gasteiger partial charge in [-0.1, -0.05) is 23.2 Å². The molecule has 1 aromatic carbocycles. The number of ether oxygens (including phenoxy) is 1. The third-order valence-corrected chi connectivity index (χ3v) is 5.49. The smallest absolute Gasteiger partial charge is 0.325 e. The van der Waals surface area contributed by atoms with Crippen molar-refractivity contribution >= 4 is 47.1 Å². The van der Waals surface area contributed by atoms with Crippen molar-refractivity contribution < 1.29 is 24.2 Å². The number of carboxylic acid groups (broad SMARTS) is 1. The van der Waals surface area contributed by atoms with Crippen LogP contribution in [0.25, 0.3) is 6.08 Å². The maximum Gasteiger partial charge on any atom is 0.325 e. The lowest BCUT2D eigenvalue weighted by atomic mass is 9.95. The Balaban J connectivity index is 1.92. The van der Waals surface area contributed by atoms with Gasteiger partial charge in [0, 0.05) is 25.1 Å². The number of carbonyl (C=O) groups is 3. The van der Waals surface area contributed by atoms with E-state index in [4.69, 9.17) is 33.0 Å². The van der Waals surface area contributed by atoms with Gasteiger partial charge in [-0.25, -0.2) is 0 Å². The van der Waals surface area contributed by atoms with Gasteiger partial charge in [-0.15, -0.1) is 0 Å². The van der Waals surface area contributed by atoms with Crippen molar-refractivity contribution in [2.75, 3.05) is 20.2 Å². The quantitative estimate of drug-likeness (QED) is 0.679. The molecule has 0 saturated carbocycles. The van der Waals surface area contributed by atoms with Crippen LogP contribution in [0.15, 0.2) is 18.2 Å². The Labute approximate surface area is 173 Å². The van der Waals surface area contributed by atoms with Gasteiger partial charge in [0.2, 0.25) is 11.8 Å². The normalized spacial score (nSPS) is 16.1. The van der Waals surface area contributed by atoms with Crippen molar-refractivity contribution in [3.63, 3.8) is 0 Å². The molecule has 0 aromatic heterocycles. The Morgan fingerprint density at radius 3 is 2.46 bits per heavy atom. The number of benzene rings is 1. The molecule has 1 heterocycles. The van der Waals surface area contributed by atoms with Crippen LogP contribution in [0.1, 0.15) is 25.3 Å². The van der Waals surface area contributed by atoms with Crippen LogP contribution in [0, 0.1) is 5.92 Å². The van der Waals surface area contributed by atoms with Gasteiger partial charge in [-0.2, -0.15) is 0 Å². The van der Waals surface area contributed by atoms with Crippen molar-refractivity contribution in [1.82, 2.24) is 10.2 Å². The zero-order valence-corrected chi connectivity index (χ0v) is 17.1. The minimum Gasteiger partial charge on any atom is -0.495 e. The third kappa shape index (κ3) is 5.39. The van der Waals surface area contributed by atoms with Gasteiger partial charge in [0.15, 0.2) is 0 Å². The second kappa shape index (κ2) is 9.80. The molecule has 7 nitrogen and oxygen atoms in total. The topological polar surface area (TPSA) is 95.9 Å². The number of hydrogen-bond acceptors (Lipinski definition) is 4. The van der Waals surface area contributed by atoms with E-state index < -0.39 is 12.0 Å². The Morgan fingerprint density at radius 1 is 1.25 bits per heavy atom. The monoisotopic (exact) mass is 428 g/mol. The summed E-state index contributed by atoms with van der Waals surface area (Å²) >= 11 is 12.3. The maximum atomic E-state index is 12.4. The van der Waals surface area contributed by atoms with Crippen LogP contribution >= 0.6 is 23.2 Å². The molecule has 0 bridgehead atoms. The summed E-state index contributed by atoms with van der Waals surface area (Å²) in [5.41, 5.74) is 0.595. The predicted molar refractivity (Wildman–Crippen MR) is 107 cm³/mol. The molecule has 1 aliphatic heterocycles. The van der Waals surface area contributed by atoms with Crippen LogP contribution in [-0.4, -0.2) is 54.0 Å². The van der Waals surface area contributed by atoms with E-state index in [1.165, 1.54) is 20.1 Å². The van der Waals surface area contributed by atoms with E-state index in [9.17, 15) is 14.4 Å². The number of methoxy groups -OCH3 is 1. The number of piperidine rings is 1. The number of hydrogen-bond donors (Lipinski definition) is 2. The molecule has 1 saturated heterocycles. The van der Waals surface area contributed by atoms with Crippen LogP contribution in [0.3, 0.4) is 0 Å². The summed E-state index contributed by atoms with van der Waals surface area (Å²) in [7, 11) is 1.49. The van der Waals surface area contributed by atoms with Gasteiger partial charge >= 0.3 is 5.97 Å². The molecule has 28 heavy (non-hydrogen) atoms. The molecule has 9 heteroatoms. The molecular weight excluding hydrogens is 407 g/mol. The highest BCUT2D eigenvalue weighted by molar-refractivity contribution is 6.43. The van der Waals surface area contributed by atoms with Crippen molar-refractivity contribution in [3.05, 3.63) is 33.8 Å². The molecule has 0 aliphatic carbocycles. The molecule has 2 N–H and O–H groups in total. The third-order valence-electron chi connectivity index (χ3n) is 4.61. The number of halogens is 2. The number of nitrogens with one attached hydrogen (secondary N) is 1. The first-order valence-electron chi connectivity index (χ1n) is 8.76. The molecule has 1 fully saturated rings. The first kappa shape index (κ1) is 22.0. The number of nitrogens with zero attached hydrogens (tertiary/aromatic N) is 1. The molecule has 1 atom stereocenters. The van der Waals surface area contributed by atoms with Gasteiger partial charge in [0.1, 0.15) is 16.8 Å². The van der Waals surface area contributed by atoms with E-state index in [1.54, 1.807) is 23.1 Å².